The second-order valence-electron chi connectivity index (χ2n) is 4.56. The summed E-state index contributed by atoms with van der Waals surface area (Å²) in [7, 11) is 0. The second-order valence-corrected chi connectivity index (χ2v) is 4.56. The lowest BCUT2D eigenvalue weighted by Gasteiger charge is -2.49. The molecule has 0 unspecified atom stereocenters. The Hall–Kier alpha value is -0.570. The monoisotopic (exact) mass is 201 g/mol. The Morgan fingerprint density at radius 3 is 2.29 bits per heavy atom. The molecule has 14 heavy (non-hydrogen) atoms. The molecule has 0 atom stereocenters. The van der Waals surface area contributed by atoms with Crippen LogP contribution in [0.3, 0.4) is 0 Å². The molecule has 3 heteroatoms. The van der Waals surface area contributed by atoms with Gasteiger partial charge in [-0.2, -0.15) is 0 Å². The molecule has 1 aliphatic rings. The maximum atomic E-state index is 13.0. The summed E-state index contributed by atoms with van der Waals surface area (Å²) in [5, 5.41) is 0. The summed E-state index contributed by atoms with van der Waals surface area (Å²) in [6, 6.07) is 0.310. The third-order valence-electron chi connectivity index (χ3n) is 2.49. The molecular formula is C11H20FNO. The fourth-order valence-electron chi connectivity index (χ4n) is 1.74. The molecule has 1 heterocycles. The van der Waals surface area contributed by atoms with Crippen LogP contribution in [0.1, 0.15) is 27.7 Å². The highest BCUT2D eigenvalue weighted by molar-refractivity contribution is 5.06. The predicted molar refractivity (Wildman–Crippen MR) is 55.9 cm³/mol. The Bertz CT molecular complexity index is 212. The Balaban J connectivity index is 2.81. The van der Waals surface area contributed by atoms with Gasteiger partial charge in [-0.15, -0.1) is 0 Å². The van der Waals surface area contributed by atoms with Crippen molar-refractivity contribution < 1.29 is 9.13 Å². The molecule has 82 valence electrons. The fraction of sp³-hybridized carbons (Fsp3) is 0.818. The van der Waals surface area contributed by atoms with Crippen molar-refractivity contribution in [2.75, 3.05) is 19.9 Å². The quantitative estimate of drug-likeness (QED) is 0.692. The van der Waals surface area contributed by atoms with Crippen LogP contribution in [-0.2, 0) is 4.74 Å². The standard InChI is InChI=1S/C11H20FNO/c1-9(2)5-13(10(3)4)11(6-12)7-14-8-11/h5,10H,6-8H2,1-4H3. The zero-order valence-corrected chi connectivity index (χ0v) is 9.51. The fourth-order valence-corrected chi connectivity index (χ4v) is 1.74. The van der Waals surface area contributed by atoms with Crippen LogP contribution in [0.2, 0.25) is 0 Å². The van der Waals surface area contributed by atoms with E-state index in [1.165, 1.54) is 5.57 Å². The van der Waals surface area contributed by atoms with Crippen molar-refractivity contribution in [1.29, 1.82) is 0 Å². The van der Waals surface area contributed by atoms with E-state index in [1.54, 1.807) is 0 Å². The van der Waals surface area contributed by atoms with Gasteiger partial charge in [-0.3, -0.25) is 0 Å². The number of nitrogens with zero attached hydrogens (tertiary/aromatic N) is 1. The minimum atomic E-state index is -0.397. The zero-order chi connectivity index (χ0) is 10.8. The maximum Gasteiger partial charge on any atom is 0.117 e. The molecule has 0 amide bonds. The first kappa shape index (κ1) is 11.5. The predicted octanol–water partition coefficient (Wildman–Crippen LogP) is 2.36. The van der Waals surface area contributed by atoms with E-state index in [-0.39, 0.29) is 6.67 Å². The number of rotatable bonds is 4. The summed E-state index contributed by atoms with van der Waals surface area (Å²) in [4.78, 5) is 2.09. The highest BCUT2D eigenvalue weighted by Gasteiger charge is 2.44. The Kier molecular flexibility index (Phi) is 3.53. The third kappa shape index (κ3) is 2.08. The van der Waals surface area contributed by atoms with Crippen molar-refractivity contribution in [3.05, 3.63) is 11.8 Å². The lowest BCUT2D eigenvalue weighted by atomic mass is 9.95. The summed E-state index contributed by atoms with van der Waals surface area (Å²) in [5.74, 6) is 0. The molecule has 0 saturated carbocycles. The van der Waals surface area contributed by atoms with Gasteiger partial charge in [0.15, 0.2) is 0 Å². The van der Waals surface area contributed by atoms with Crippen LogP contribution in [0, 0.1) is 0 Å². The largest absolute Gasteiger partial charge is 0.376 e. The first-order valence-corrected chi connectivity index (χ1v) is 5.09. The van der Waals surface area contributed by atoms with Crippen LogP contribution in [-0.4, -0.2) is 36.4 Å². The van der Waals surface area contributed by atoms with Gasteiger partial charge in [0.05, 0.1) is 13.2 Å². The number of hydrogen-bond donors (Lipinski definition) is 0. The van der Waals surface area contributed by atoms with Crippen LogP contribution in [0.5, 0.6) is 0 Å². The molecule has 0 spiro atoms. The Labute approximate surface area is 85.7 Å². The van der Waals surface area contributed by atoms with Crippen molar-refractivity contribution in [3.8, 4) is 0 Å². The molecule has 0 aromatic rings. The molecular weight excluding hydrogens is 181 g/mol. The molecule has 0 N–H and O–H groups in total. The highest BCUT2D eigenvalue weighted by atomic mass is 19.1. The summed E-state index contributed by atoms with van der Waals surface area (Å²) >= 11 is 0. The van der Waals surface area contributed by atoms with Crippen molar-refractivity contribution >= 4 is 0 Å². The van der Waals surface area contributed by atoms with E-state index in [0.717, 1.165) is 0 Å². The average molecular weight is 201 g/mol. The van der Waals surface area contributed by atoms with E-state index < -0.39 is 5.54 Å². The summed E-state index contributed by atoms with van der Waals surface area (Å²) < 4.78 is 18.1. The van der Waals surface area contributed by atoms with Gasteiger partial charge in [0, 0.05) is 6.04 Å². The molecule has 1 fully saturated rings. The van der Waals surface area contributed by atoms with Gasteiger partial charge in [-0.1, -0.05) is 5.57 Å². The van der Waals surface area contributed by atoms with E-state index in [4.69, 9.17) is 4.74 Å². The van der Waals surface area contributed by atoms with E-state index >= 15 is 0 Å². The SMILES string of the molecule is CC(C)=CN(C(C)C)C1(CF)COC1. The van der Waals surface area contributed by atoms with Gasteiger partial charge in [0.1, 0.15) is 12.2 Å². The van der Waals surface area contributed by atoms with Gasteiger partial charge >= 0.3 is 0 Å². The second kappa shape index (κ2) is 4.30. The van der Waals surface area contributed by atoms with Crippen LogP contribution in [0.25, 0.3) is 0 Å². The molecule has 0 radical (unpaired) electrons. The summed E-state index contributed by atoms with van der Waals surface area (Å²) in [5.41, 5.74) is 0.796. The minimum Gasteiger partial charge on any atom is -0.376 e. The molecule has 2 nitrogen and oxygen atoms in total. The van der Waals surface area contributed by atoms with Crippen LogP contribution < -0.4 is 0 Å². The van der Waals surface area contributed by atoms with Crippen LogP contribution in [0.15, 0.2) is 11.8 Å². The van der Waals surface area contributed by atoms with Crippen LogP contribution in [0.4, 0.5) is 4.39 Å². The van der Waals surface area contributed by atoms with E-state index in [0.29, 0.717) is 19.3 Å². The number of ether oxygens (including phenoxy) is 1. The molecule has 0 aromatic carbocycles. The first-order valence-electron chi connectivity index (χ1n) is 5.09. The van der Waals surface area contributed by atoms with E-state index in [1.807, 2.05) is 20.0 Å². The van der Waals surface area contributed by atoms with Gasteiger partial charge in [-0.05, 0) is 33.9 Å². The lowest BCUT2D eigenvalue weighted by Crippen LogP contribution is -2.63. The molecule has 1 aliphatic heterocycles. The van der Waals surface area contributed by atoms with Gasteiger partial charge in [-0.25, -0.2) is 4.39 Å². The Morgan fingerprint density at radius 2 is 2.07 bits per heavy atom. The third-order valence-corrected chi connectivity index (χ3v) is 2.49. The minimum absolute atomic E-state index is 0.310. The smallest absolute Gasteiger partial charge is 0.117 e. The number of alkyl halides is 1. The topological polar surface area (TPSA) is 12.5 Å². The lowest BCUT2D eigenvalue weighted by molar-refractivity contribution is -0.142. The van der Waals surface area contributed by atoms with Gasteiger partial charge < -0.3 is 9.64 Å². The molecule has 0 aromatic heterocycles. The molecule has 1 saturated heterocycles. The summed E-state index contributed by atoms with van der Waals surface area (Å²) in [6.07, 6.45) is 2.03. The zero-order valence-electron chi connectivity index (χ0n) is 9.51. The number of halogens is 1. The van der Waals surface area contributed by atoms with E-state index in [2.05, 4.69) is 18.7 Å². The van der Waals surface area contributed by atoms with Gasteiger partial charge in [0.25, 0.3) is 0 Å². The maximum absolute atomic E-state index is 13.0. The van der Waals surface area contributed by atoms with Crippen molar-refractivity contribution in [1.82, 2.24) is 4.90 Å². The van der Waals surface area contributed by atoms with Crippen molar-refractivity contribution in [2.45, 2.75) is 39.3 Å². The normalized spacial score (nSPS) is 19.0. The number of hydrogen-bond acceptors (Lipinski definition) is 2. The molecule has 1 rings (SSSR count). The highest BCUT2D eigenvalue weighted by Crippen LogP contribution is 2.28. The van der Waals surface area contributed by atoms with Crippen molar-refractivity contribution in [3.63, 3.8) is 0 Å². The van der Waals surface area contributed by atoms with Gasteiger partial charge in [0.2, 0.25) is 0 Å². The Morgan fingerprint density at radius 1 is 1.50 bits per heavy atom. The molecule has 0 bridgehead atoms. The van der Waals surface area contributed by atoms with Crippen LogP contribution >= 0.6 is 0 Å². The molecule has 0 aliphatic carbocycles. The summed E-state index contributed by atoms with van der Waals surface area (Å²) in [6.45, 7) is 8.89. The average Bonchev–Trinajstić information content (AvgIpc) is 2.00. The van der Waals surface area contributed by atoms with Crippen molar-refractivity contribution in [2.24, 2.45) is 0 Å². The number of allylic oxidation sites excluding steroid dienone is 1. The first-order chi connectivity index (χ1) is 6.52. The van der Waals surface area contributed by atoms with E-state index in [9.17, 15) is 4.39 Å².